The minimum atomic E-state index is -3.45. The molecule has 9 heteroatoms. The summed E-state index contributed by atoms with van der Waals surface area (Å²) >= 11 is 0. The van der Waals surface area contributed by atoms with Crippen LogP contribution in [0.3, 0.4) is 0 Å². The summed E-state index contributed by atoms with van der Waals surface area (Å²) in [5.74, 6) is 2.27. The van der Waals surface area contributed by atoms with Crippen molar-refractivity contribution >= 4 is 21.5 Å². The Morgan fingerprint density at radius 3 is 2.31 bits per heavy atom. The normalized spacial score (nSPS) is 22.5. The van der Waals surface area contributed by atoms with Gasteiger partial charge in [0.25, 0.3) is 0 Å². The summed E-state index contributed by atoms with van der Waals surface area (Å²) in [6.45, 7) is 8.56. The Bertz CT molecular complexity index is 1190. The molecule has 0 N–H and O–H groups in total. The van der Waals surface area contributed by atoms with E-state index in [1.165, 1.54) is 0 Å². The lowest BCUT2D eigenvalue weighted by atomic mass is 10.0. The topological polar surface area (TPSA) is 83.7 Å². The standard InChI is InChI=1S/C20H24N6O2S/c1-13-4-5-18(8-14(13)2)29(27,28)25-11-16-9-24(10-17(16)12-25)20-7-6-19-22-21-15(3)26(19)23-20/h4-8,16-17H,9-12H2,1-3H3. The lowest BCUT2D eigenvalue weighted by molar-refractivity contribution is 0.453. The van der Waals surface area contributed by atoms with Gasteiger partial charge in [-0.15, -0.1) is 15.3 Å². The lowest BCUT2D eigenvalue weighted by Crippen LogP contribution is -2.33. The second-order valence-electron chi connectivity index (χ2n) is 8.20. The van der Waals surface area contributed by atoms with Crippen molar-refractivity contribution in [3.05, 3.63) is 47.3 Å². The average Bonchev–Trinajstić information content (AvgIpc) is 3.37. The van der Waals surface area contributed by atoms with Crippen molar-refractivity contribution in [2.75, 3.05) is 31.1 Å². The summed E-state index contributed by atoms with van der Waals surface area (Å²) in [7, 11) is -3.45. The summed E-state index contributed by atoms with van der Waals surface area (Å²) in [5.41, 5.74) is 2.84. The van der Waals surface area contributed by atoms with Gasteiger partial charge in [0.15, 0.2) is 11.5 Å². The van der Waals surface area contributed by atoms with E-state index in [1.54, 1.807) is 21.0 Å². The van der Waals surface area contributed by atoms with Crippen LogP contribution in [-0.4, -0.2) is 58.7 Å². The minimum absolute atomic E-state index is 0.316. The van der Waals surface area contributed by atoms with Gasteiger partial charge in [0.2, 0.25) is 10.0 Å². The highest BCUT2D eigenvalue weighted by molar-refractivity contribution is 7.89. The van der Waals surface area contributed by atoms with Crippen LogP contribution in [0.2, 0.25) is 0 Å². The highest BCUT2D eigenvalue weighted by atomic mass is 32.2. The van der Waals surface area contributed by atoms with Crippen LogP contribution in [0, 0.1) is 32.6 Å². The Morgan fingerprint density at radius 1 is 0.897 bits per heavy atom. The third kappa shape index (κ3) is 3.00. The van der Waals surface area contributed by atoms with E-state index in [0.29, 0.717) is 29.8 Å². The van der Waals surface area contributed by atoms with Gasteiger partial charge in [0.05, 0.1) is 4.90 Å². The van der Waals surface area contributed by atoms with Gasteiger partial charge in [0, 0.05) is 26.2 Å². The van der Waals surface area contributed by atoms with Gasteiger partial charge >= 0.3 is 0 Å². The maximum atomic E-state index is 13.1. The quantitative estimate of drug-likeness (QED) is 0.652. The van der Waals surface area contributed by atoms with E-state index in [-0.39, 0.29) is 0 Å². The zero-order valence-corrected chi connectivity index (χ0v) is 17.6. The molecular weight excluding hydrogens is 388 g/mol. The second-order valence-corrected chi connectivity index (χ2v) is 10.1. The summed E-state index contributed by atoms with van der Waals surface area (Å²) in [5, 5.41) is 12.8. The van der Waals surface area contributed by atoms with Crippen molar-refractivity contribution in [2.45, 2.75) is 25.7 Å². The molecule has 4 heterocycles. The van der Waals surface area contributed by atoms with Crippen LogP contribution < -0.4 is 4.90 Å². The van der Waals surface area contributed by atoms with Gasteiger partial charge in [-0.05, 0) is 68.0 Å². The predicted octanol–water partition coefficient (Wildman–Crippen LogP) is 1.81. The van der Waals surface area contributed by atoms with Gasteiger partial charge in [-0.3, -0.25) is 0 Å². The van der Waals surface area contributed by atoms with E-state index in [0.717, 1.165) is 41.5 Å². The first-order valence-corrected chi connectivity index (χ1v) is 11.3. The molecule has 2 aliphatic heterocycles. The molecule has 29 heavy (non-hydrogen) atoms. The van der Waals surface area contributed by atoms with Crippen molar-refractivity contribution in [3.8, 4) is 0 Å². The number of aromatic nitrogens is 4. The highest BCUT2D eigenvalue weighted by Gasteiger charge is 2.44. The third-order valence-electron chi connectivity index (χ3n) is 6.30. The molecule has 0 saturated carbocycles. The summed E-state index contributed by atoms with van der Waals surface area (Å²) < 4.78 is 29.6. The van der Waals surface area contributed by atoms with E-state index in [1.807, 2.05) is 39.0 Å². The molecule has 0 radical (unpaired) electrons. The van der Waals surface area contributed by atoms with Gasteiger partial charge in [0.1, 0.15) is 5.82 Å². The number of hydrogen-bond donors (Lipinski definition) is 0. The van der Waals surface area contributed by atoms with Crippen LogP contribution in [0.1, 0.15) is 17.0 Å². The molecule has 0 bridgehead atoms. The molecule has 0 amide bonds. The van der Waals surface area contributed by atoms with Crippen LogP contribution >= 0.6 is 0 Å². The van der Waals surface area contributed by atoms with Crippen molar-refractivity contribution in [1.29, 1.82) is 0 Å². The van der Waals surface area contributed by atoms with Crippen LogP contribution in [0.4, 0.5) is 5.82 Å². The smallest absolute Gasteiger partial charge is 0.243 e. The molecule has 2 atom stereocenters. The number of hydrogen-bond acceptors (Lipinski definition) is 6. The molecule has 1 aromatic carbocycles. The second kappa shape index (κ2) is 6.50. The Morgan fingerprint density at radius 2 is 1.62 bits per heavy atom. The molecule has 0 spiro atoms. The zero-order chi connectivity index (χ0) is 20.3. The van der Waals surface area contributed by atoms with Gasteiger partial charge < -0.3 is 4.90 Å². The van der Waals surface area contributed by atoms with E-state index in [9.17, 15) is 8.42 Å². The number of aryl methyl sites for hydroxylation is 3. The SMILES string of the molecule is Cc1ccc(S(=O)(=O)N2CC3CN(c4ccc5nnc(C)n5n4)CC3C2)cc1C. The van der Waals surface area contributed by atoms with Gasteiger partial charge in [-0.1, -0.05) is 6.07 Å². The number of benzene rings is 1. The van der Waals surface area contributed by atoms with Crippen molar-refractivity contribution < 1.29 is 8.42 Å². The molecule has 0 aliphatic carbocycles. The predicted molar refractivity (Wildman–Crippen MR) is 109 cm³/mol. The Balaban J connectivity index is 1.33. The van der Waals surface area contributed by atoms with Crippen LogP contribution in [-0.2, 0) is 10.0 Å². The molecule has 3 aromatic rings. The Kier molecular flexibility index (Phi) is 4.15. The maximum Gasteiger partial charge on any atom is 0.243 e. The molecule has 2 fully saturated rings. The first-order valence-electron chi connectivity index (χ1n) is 9.84. The van der Waals surface area contributed by atoms with E-state index in [2.05, 4.69) is 20.2 Å². The monoisotopic (exact) mass is 412 g/mol. The largest absolute Gasteiger partial charge is 0.355 e. The summed E-state index contributed by atoms with van der Waals surface area (Å²) in [6.07, 6.45) is 0. The first kappa shape index (κ1) is 18.5. The van der Waals surface area contributed by atoms with Crippen LogP contribution in [0.25, 0.3) is 5.65 Å². The highest BCUT2D eigenvalue weighted by Crippen LogP contribution is 2.36. The molecule has 2 unspecified atom stereocenters. The van der Waals surface area contributed by atoms with Crippen molar-refractivity contribution in [1.82, 2.24) is 24.1 Å². The zero-order valence-electron chi connectivity index (χ0n) is 16.8. The molecular formula is C20H24N6O2S. The van der Waals surface area contributed by atoms with Gasteiger partial charge in [-0.2, -0.15) is 8.82 Å². The molecule has 2 saturated heterocycles. The Labute approximate surface area is 170 Å². The average molecular weight is 413 g/mol. The number of anilines is 1. The van der Waals surface area contributed by atoms with E-state index in [4.69, 9.17) is 0 Å². The third-order valence-corrected chi connectivity index (χ3v) is 8.13. The Hall–Kier alpha value is -2.52. The number of rotatable bonds is 3. The van der Waals surface area contributed by atoms with Crippen LogP contribution in [0.15, 0.2) is 35.2 Å². The number of nitrogens with zero attached hydrogens (tertiary/aromatic N) is 6. The fraction of sp³-hybridized carbons (Fsp3) is 0.450. The molecule has 2 aliphatic rings. The lowest BCUT2D eigenvalue weighted by Gasteiger charge is -2.22. The number of fused-ring (bicyclic) bond motifs is 2. The molecule has 5 rings (SSSR count). The van der Waals surface area contributed by atoms with E-state index < -0.39 is 10.0 Å². The summed E-state index contributed by atoms with van der Waals surface area (Å²) in [4.78, 5) is 2.64. The summed E-state index contributed by atoms with van der Waals surface area (Å²) in [6, 6.07) is 9.28. The van der Waals surface area contributed by atoms with Crippen LogP contribution in [0.5, 0.6) is 0 Å². The van der Waals surface area contributed by atoms with Gasteiger partial charge in [-0.25, -0.2) is 8.42 Å². The minimum Gasteiger partial charge on any atom is -0.355 e. The first-order chi connectivity index (χ1) is 13.8. The number of sulfonamides is 1. The van der Waals surface area contributed by atoms with Crippen molar-refractivity contribution in [3.63, 3.8) is 0 Å². The maximum absolute atomic E-state index is 13.1. The molecule has 2 aromatic heterocycles. The van der Waals surface area contributed by atoms with E-state index >= 15 is 0 Å². The van der Waals surface area contributed by atoms with Crippen molar-refractivity contribution in [2.24, 2.45) is 11.8 Å². The molecule has 152 valence electrons. The fourth-order valence-corrected chi connectivity index (χ4v) is 6.05. The molecule has 8 nitrogen and oxygen atoms in total. The fourth-order valence-electron chi connectivity index (χ4n) is 4.41.